The number of carbonyl (C=O) groups excluding carboxylic acids is 2. The van der Waals surface area contributed by atoms with Crippen molar-refractivity contribution in [3.63, 3.8) is 0 Å². The minimum absolute atomic E-state index is 0.0464. The Labute approximate surface area is 114 Å². The molecule has 2 aliphatic heterocycles. The molecule has 6 heteroatoms. The molecule has 0 aromatic heterocycles. The lowest BCUT2D eigenvalue weighted by Crippen LogP contribution is -2.43. The van der Waals surface area contributed by atoms with Crippen LogP contribution in [-0.2, 0) is 9.59 Å². The van der Waals surface area contributed by atoms with Gasteiger partial charge in [-0.2, -0.15) is 0 Å². The lowest BCUT2D eigenvalue weighted by Gasteiger charge is -2.23. The summed E-state index contributed by atoms with van der Waals surface area (Å²) in [7, 11) is 0. The van der Waals surface area contributed by atoms with Gasteiger partial charge in [-0.25, -0.2) is 0 Å². The smallest absolute Gasteiger partial charge is 0.234 e. The second-order valence-electron chi connectivity index (χ2n) is 5.59. The number of nitrogens with one attached hydrogen (secondary N) is 3. The Morgan fingerprint density at radius 3 is 2.68 bits per heavy atom. The van der Waals surface area contributed by atoms with E-state index in [4.69, 9.17) is 0 Å². The third kappa shape index (κ3) is 3.67. The van der Waals surface area contributed by atoms with Crippen LogP contribution < -0.4 is 16.0 Å². The molecule has 0 spiro atoms. The molecule has 6 nitrogen and oxygen atoms in total. The van der Waals surface area contributed by atoms with Crippen LogP contribution in [0.1, 0.15) is 13.8 Å². The second kappa shape index (κ2) is 6.34. The van der Waals surface area contributed by atoms with Gasteiger partial charge in [0, 0.05) is 32.6 Å². The molecular weight excluding hydrogens is 244 g/mol. The van der Waals surface area contributed by atoms with Crippen molar-refractivity contribution in [2.45, 2.75) is 19.9 Å². The van der Waals surface area contributed by atoms with Gasteiger partial charge in [-0.15, -0.1) is 0 Å². The number of hydrogen-bond acceptors (Lipinski definition) is 4. The Bertz CT molecular complexity index is 348. The lowest BCUT2D eigenvalue weighted by molar-refractivity contribution is -0.123. The number of hydrogen-bond donors (Lipinski definition) is 3. The number of rotatable bonds is 5. The van der Waals surface area contributed by atoms with Crippen molar-refractivity contribution in [3.8, 4) is 0 Å². The molecule has 0 aromatic rings. The van der Waals surface area contributed by atoms with Gasteiger partial charge in [0.05, 0.1) is 6.54 Å². The lowest BCUT2D eigenvalue weighted by atomic mass is 9.95. The molecule has 108 valence electrons. The first kappa shape index (κ1) is 14.3. The van der Waals surface area contributed by atoms with Crippen LogP contribution in [0.5, 0.6) is 0 Å². The zero-order valence-corrected chi connectivity index (χ0v) is 11.7. The fraction of sp³-hybridized carbons (Fsp3) is 0.846. The Hall–Kier alpha value is -1.14. The first-order valence-electron chi connectivity index (χ1n) is 7.04. The van der Waals surface area contributed by atoms with Crippen molar-refractivity contribution < 1.29 is 9.59 Å². The maximum Gasteiger partial charge on any atom is 0.234 e. The standard InChI is InChI=1S/C13H24N4O2/c1-9-12-6-14-5-11(12)7-17(9)8-13(19)16-4-3-15-10(2)18/h9,11-12,14H,3-8H2,1-2H3,(H,15,18)(H,16,19). The van der Waals surface area contributed by atoms with E-state index in [1.807, 2.05) is 0 Å². The molecule has 19 heavy (non-hydrogen) atoms. The van der Waals surface area contributed by atoms with E-state index in [9.17, 15) is 9.59 Å². The average Bonchev–Trinajstić information content (AvgIpc) is 2.90. The predicted octanol–water partition coefficient (Wildman–Crippen LogP) is -1.22. The summed E-state index contributed by atoms with van der Waals surface area (Å²) in [5.41, 5.74) is 0. The van der Waals surface area contributed by atoms with E-state index >= 15 is 0 Å². The van der Waals surface area contributed by atoms with Crippen molar-refractivity contribution in [2.75, 3.05) is 39.3 Å². The SMILES string of the molecule is CC(=O)NCCNC(=O)CN1CC2CNCC2C1C. The normalized spacial score (nSPS) is 30.1. The van der Waals surface area contributed by atoms with E-state index < -0.39 is 0 Å². The van der Waals surface area contributed by atoms with Crippen LogP contribution in [0.4, 0.5) is 0 Å². The molecule has 0 radical (unpaired) electrons. The number of nitrogens with zero attached hydrogens (tertiary/aromatic N) is 1. The van der Waals surface area contributed by atoms with Gasteiger partial charge < -0.3 is 16.0 Å². The van der Waals surface area contributed by atoms with Crippen LogP contribution >= 0.6 is 0 Å². The van der Waals surface area contributed by atoms with Gasteiger partial charge >= 0.3 is 0 Å². The molecule has 2 rings (SSSR count). The van der Waals surface area contributed by atoms with Gasteiger partial charge in [-0.1, -0.05) is 0 Å². The maximum atomic E-state index is 11.8. The highest BCUT2D eigenvalue weighted by Crippen LogP contribution is 2.31. The zero-order chi connectivity index (χ0) is 13.8. The summed E-state index contributed by atoms with van der Waals surface area (Å²) in [4.78, 5) is 24.8. The van der Waals surface area contributed by atoms with Crippen molar-refractivity contribution >= 4 is 11.8 Å². The van der Waals surface area contributed by atoms with E-state index in [1.54, 1.807) is 0 Å². The summed E-state index contributed by atoms with van der Waals surface area (Å²) in [6.45, 7) is 8.30. The van der Waals surface area contributed by atoms with Crippen molar-refractivity contribution in [1.29, 1.82) is 0 Å². The summed E-state index contributed by atoms with van der Waals surface area (Å²) < 4.78 is 0. The molecule has 0 saturated carbocycles. The summed E-state index contributed by atoms with van der Waals surface area (Å²) in [5.74, 6) is 1.36. The van der Waals surface area contributed by atoms with Crippen LogP contribution in [0.25, 0.3) is 0 Å². The van der Waals surface area contributed by atoms with Gasteiger partial charge in [0.2, 0.25) is 11.8 Å². The van der Waals surface area contributed by atoms with E-state index in [-0.39, 0.29) is 11.8 Å². The molecule has 2 fully saturated rings. The highest BCUT2D eigenvalue weighted by atomic mass is 16.2. The highest BCUT2D eigenvalue weighted by Gasteiger charge is 2.41. The van der Waals surface area contributed by atoms with Crippen LogP contribution in [0.2, 0.25) is 0 Å². The van der Waals surface area contributed by atoms with E-state index in [2.05, 4.69) is 27.8 Å². The average molecular weight is 268 g/mol. The van der Waals surface area contributed by atoms with Gasteiger partial charge in [0.25, 0.3) is 0 Å². The number of carbonyl (C=O) groups is 2. The summed E-state index contributed by atoms with van der Waals surface area (Å²) in [6.07, 6.45) is 0. The molecule has 3 atom stereocenters. The first-order valence-corrected chi connectivity index (χ1v) is 7.04. The molecule has 0 aliphatic carbocycles. The molecule has 2 aliphatic rings. The monoisotopic (exact) mass is 268 g/mol. The summed E-state index contributed by atoms with van der Waals surface area (Å²) in [6, 6.07) is 0.473. The van der Waals surface area contributed by atoms with Crippen LogP contribution in [0, 0.1) is 11.8 Å². The highest BCUT2D eigenvalue weighted by molar-refractivity contribution is 5.78. The molecule has 3 N–H and O–H groups in total. The maximum absolute atomic E-state index is 11.8. The van der Waals surface area contributed by atoms with E-state index in [0.717, 1.165) is 19.6 Å². The molecule has 2 saturated heterocycles. The molecule has 0 bridgehead atoms. The molecule has 3 unspecified atom stereocenters. The van der Waals surface area contributed by atoms with Crippen LogP contribution in [0.15, 0.2) is 0 Å². The van der Waals surface area contributed by atoms with Crippen LogP contribution in [0.3, 0.4) is 0 Å². The topological polar surface area (TPSA) is 73.5 Å². The van der Waals surface area contributed by atoms with Crippen molar-refractivity contribution in [2.24, 2.45) is 11.8 Å². The van der Waals surface area contributed by atoms with Crippen molar-refractivity contribution in [3.05, 3.63) is 0 Å². The minimum Gasteiger partial charge on any atom is -0.355 e. The number of amides is 2. The molecule has 2 amide bonds. The largest absolute Gasteiger partial charge is 0.355 e. The quantitative estimate of drug-likeness (QED) is 0.546. The van der Waals surface area contributed by atoms with E-state index in [0.29, 0.717) is 37.5 Å². The molecule has 2 heterocycles. The Balaban J connectivity index is 1.67. The van der Waals surface area contributed by atoms with Gasteiger partial charge in [0.1, 0.15) is 0 Å². The van der Waals surface area contributed by atoms with Gasteiger partial charge in [-0.05, 0) is 31.8 Å². The van der Waals surface area contributed by atoms with Crippen LogP contribution in [-0.4, -0.2) is 62.0 Å². The third-order valence-corrected chi connectivity index (χ3v) is 4.22. The Kier molecular flexibility index (Phi) is 4.76. The summed E-state index contributed by atoms with van der Waals surface area (Å²) in [5, 5.41) is 8.91. The first-order chi connectivity index (χ1) is 9.08. The second-order valence-corrected chi connectivity index (χ2v) is 5.59. The molecule has 0 aromatic carbocycles. The third-order valence-electron chi connectivity index (χ3n) is 4.22. The predicted molar refractivity (Wildman–Crippen MR) is 72.6 cm³/mol. The zero-order valence-electron chi connectivity index (χ0n) is 11.7. The van der Waals surface area contributed by atoms with Gasteiger partial charge in [-0.3, -0.25) is 14.5 Å². The fourth-order valence-electron chi connectivity index (χ4n) is 3.15. The number of likely N-dealkylation sites (tertiary alicyclic amines) is 1. The Morgan fingerprint density at radius 1 is 1.26 bits per heavy atom. The van der Waals surface area contributed by atoms with Gasteiger partial charge in [0.15, 0.2) is 0 Å². The minimum atomic E-state index is -0.0669. The van der Waals surface area contributed by atoms with Crippen molar-refractivity contribution in [1.82, 2.24) is 20.9 Å². The number of fused-ring (bicyclic) bond motifs is 1. The van der Waals surface area contributed by atoms with E-state index in [1.165, 1.54) is 6.92 Å². The molecular formula is C13H24N4O2. The summed E-state index contributed by atoms with van der Waals surface area (Å²) >= 11 is 0. The Morgan fingerprint density at radius 2 is 2.00 bits per heavy atom. The fourth-order valence-corrected chi connectivity index (χ4v) is 3.15.